The van der Waals surface area contributed by atoms with E-state index in [1.807, 2.05) is 27.8 Å². The molecule has 0 radical (unpaired) electrons. The zero-order valence-electron chi connectivity index (χ0n) is 10.3. The first-order valence-electron chi connectivity index (χ1n) is 6.01. The van der Waals surface area contributed by atoms with Crippen LogP contribution >= 0.6 is 11.3 Å². The number of hydrogen-bond donors (Lipinski definition) is 0. The maximum atomic E-state index is 12.2. The fourth-order valence-electron chi connectivity index (χ4n) is 2.15. The van der Waals surface area contributed by atoms with Gasteiger partial charge in [0.05, 0.1) is 25.3 Å². The zero-order valence-corrected chi connectivity index (χ0v) is 11.1. The van der Waals surface area contributed by atoms with Crippen LogP contribution in [-0.4, -0.2) is 46.5 Å². The highest BCUT2D eigenvalue weighted by Gasteiger charge is 2.18. The van der Waals surface area contributed by atoms with Crippen molar-refractivity contribution < 1.29 is 9.53 Å². The molecule has 3 rings (SSSR count). The third-order valence-electron chi connectivity index (χ3n) is 3.10. The number of amides is 1. The van der Waals surface area contributed by atoms with E-state index in [1.165, 1.54) is 0 Å². The molecule has 0 atom stereocenters. The molecule has 96 valence electrons. The molecule has 1 aliphatic heterocycles. The Morgan fingerprint density at radius 1 is 1.50 bits per heavy atom. The van der Waals surface area contributed by atoms with Crippen LogP contribution in [0.1, 0.15) is 11.4 Å². The summed E-state index contributed by atoms with van der Waals surface area (Å²) in [6.07, 6.45) is 2.42. The number of carbonyl (C=O) groups excluding carboxylic acids is 1. The topological polar surface area (TPSA) is 46.8 Å². The first-order valence-corrected chi connectivity index (χ1v) is 6.89. The molecule has 1 saturated heterocycles. The summed E-state index contributed by atoms with van der Waals surface area (Å²) in [7, 11) is 0. The summed E-state index contributed by atoms with van der Waals surface area (Å²) in [6, 6.07) is 0. The number of carbonyl (C=O) groups is 1. The van der Waals surface area contributed by atoms with Crippen molar-refractivity contribution in [2.24, 2.45) is 0 Å². The molecule has 2 aromatic heterocycles. The average Bonchev–Trinajstić information content (AvgIpc) is 2.91. The highest BCUT2D eigenvalue weighted by Crippen LogP contribution is 2.17. The third-order valence-corrected chi connectivity index (χ3v) is 3.99. The molecule has 0 aliphatic carbocycles. The summed E-state index contributed by atoms with van der Waals surface area (Å²) in [5.74, 6) is 0.171. The smallest absolute Gasteiger partial charge is 0.228 e. The number of hydrogen-bond acceptors (Lipinski definition) is 4. The van der Waals surface area contributed by atoms with Crippen LogP contribution in [0.4, 0.5) is 0 Å². The van der Waals surface area contributed by atoms with Gasteiger partial charge in [-0.1, -0.05) is 0 Å². The predicted molar refractivity (Wildman–Crippen MR) is 68.9 cm³/mol. The van der Waals surface area contributed by atoms with Gasteiger partial charge in [-0.2, -0.15) is 0 Å². The Morgan fingerprint density at radius 2 is 2.28 bits per heavy atom. The van der Waals surface area contributed by atoms with Gasteiger partial charge in [0.25, 0.3) is 0 Å². The highest BCUT2D eigenvalue weighted by atomic mass is 32.1. The number of imidazole rings is 1. The molecule has 18 heavy (non-hydrogen) atoms. The molecule has 0 spiro atoms. The lowest BCUT2D eigenvalue weighted by molar-refractivity contribution is -0.134. The van der Waals surface area contributed by atoms with Crippen molar-refractivity contribution in [3.63, 3.8) is 0 Å². The number of ether oxygens (including phenoxy) is 1. The number of morpholine rings is 1. The van der Waals surface area contributed by atoms with Crippen LogP contribution < -0.4 is 0 Å². The fraction of sp³-hybridized carbons (Fsp3) is 0.500. The van der Waals surface area contributed by atoms with Crippen LogP contribution in [-0.2, 0) is 16.0 Å². The largest absolute Gasteiger partial charge is 0.378 e. The van der Waals surface area contributed by atoms with Gasteiger partial charge in [0, 0.05) is 30.4 Å². The Labute approximate surface area is 109 Å². The quantitative estimate of drug-likeness (QED) is 0.817. The standard InChI is InChI=1S/C12H15N3O2S/c1-9-7-15-10(8-18-12(15)13-9)6-11(16)14-2-4-17-5-3-14/h7-8H,2-6H2,1H3. The van der Waals surface area contributed by atoms with E-state index in [-0.39, 0.29) is 5.91 Å². The van der Waals surface area contributed by atoms with E-state index >= 15 is 0 Å². The van der Waals surface area contributed by atoms with Crippen molar-refractivity contribution in [3.05, 3.63) is 23.0 Å². The Balaban J connectivity index is 1.76. The van der Waals surface area contributed by atoms with Gasteiger partial charge in [-0.15, -0.1) is 11.3 Å². The summed E-state index contributed by atoms with van der Waals surface area (Å²) in [4.78, 5) is 19.4. The molecule has 0 bridgehead atoms. The maximum absolute atomic E-state index is 12.2. The number of nitrogens with zero attached hydrogens (tertiary/aromatic N) is 3. The Hall–Kier alpha value is -1.40. The van der Waals surface area contributed by atoms with Gasteiger partial charge < -0.3 is 9.64 Å². The molecular formula is C12H15N3O2S. The number of thiazole rings is 1. The van der Waals surface area contributed by atoms with Gasteiger partial charge in [0.1, 0.15) is 0 Å². The number of aryl methyl sites for hydroxylation is 1. The van der Waals surface area contributed by atoms with E-state index in [4.69, 9.17) is 4.74 Å². The van der Waals surface area contributed by atoms with Crippen LogP contribution in [0.3, 0.4) is 0 Å². The Bertz CT molecular complexity index is 569. The minimum absolute atomic E-state index is 0.171. The molecule has 0 saturated carbocycles. The molecule has 3 heterocycles. The first kappa shape index (κ1) is 11.7. The summed E-state index contributed by atoms with van der Waals surface area (Å²) in [5.41, 5.74) is 2.01. The normalized spacial score (nSPS) is 16.4. The van der Waals surface area contributed by atoms with Crippen molar-refractivity contribution in [2.45, 2.75) is 13.3 Å². The summed E-state index contributed by atoms with van der Waals surface area (Å²) < 4.78 is 7.26. The molecule has 6 heteroatoms. The fourth-order valence-corrected chi connectivity index (χ4v) is 3.07. The van der Waals surface area contributed by atoms with Crippen LogP contribution in [0.15, 0.2) is 11.6 Å². The molecule has 1 fully saturated rings. The average molecular weight is 265 g/mol. The SMILES string of the molecule is Cc1cn2c(CC(=O)N3CCOCC3)csc2n1. The number of aromatic nitrogens is 2. The molecule has 5 nitrogen and oxygen atoms in total. The van der Waals surface area contributed by atoms with Gasteiger partial charge in [-0.25, -0.2) is 4.98 Å². The van der Waals surface area contributed by atoms with Crippen molar-refractivity contribution in [3.8, 4) is 0 Å². The van der Waals surface area contributed by atoms with Crippen LogP contribution in [0, 0.1) is 6.92 Å². The van der Waals surface area contributed by atoms with Gasteiger partial charge in [0.2, 0.25) is 5.91 Å². The third kappa shape index (κ3) is 2.13. The summed E-state index contributed by atoms with van der Waals surface area (Å²) >= 11 is 1.58. The van der Waals surface area contributed by atoms with Gasteiger partial charge in [0.15, 0.2) is 4.96 Å². The molecular weight excluding hydrogens is 250 g/mol. The Morgan fingerprint density at radius 3 is 3.06 bits per heavy atom. The van der Waals surface area contributed by atoms with Crippen molar-refractivity contribution in [1.82, 2.24) is 14.3 Å². The second-order valence-corrected chi connectivity index (χ2v) is 5.27. The molecule has 1 aliphatic rings. The van der Waals surface area contributed by atoms with E-state index in [0.717, 1.165) is 16.3 Å². The number of fused-ring (bicyclic) bond motifs is 1. The lowest BCUT2D eigenvalue weighted by Crippen LogP contribution is -2.41. The van der Waals surface area contributed by atoms with E-state index in [2.05, 4.69) is 4.98 Å². The second-order valence-electron chi connectivity index (χ2n) is 4.43. The maximum Gasteiger partial charge on any atom is 0.228 e. The molecule has 2 aromatic rings. The van der Waals surface area contributed by atoms with Gasteiger partial charge in [-0.3, -0.25) is 9.20 Å². The highest BCUT2D eigenvalue weighted by molar-refractivity contribution is 7.15. The van der Waals surface area contributed by atoms with Crippen molar-refractivity contribution >= 4 is 22.2 Å². The minimum Gasteiger partial charge on any atom is -0.378 e. The predicted octanol–water partition coefficient (Wildman–Crippen LogP) is 1.11. The number of rotatable bonds is 2. The first-order chi connectivity index (χ1) is 8.74. The van der Waals surface area contributed by atoms with Crippen molar-refractivity contribution in [2.75, 3.05) is 26.3 Å². The monoisotopic (exact) mass is 265 g/mol. The molecule has 1 amide bonds. The zero-order chi connectivity index (χ0) is 12.5. The van der Waals surface area contributed by atoms with E-state index in [1.54, 1.807) is 11.3 Å². The van der Waals surface area contributed by atoms with Crippen molar-refractivity contribution in [1.29, 1.82) is 0 Å². The lowest BCUT2D eigenvalue weighted by Gasteiger charge is -2.26. The summed E-state index contributed by atoms with van der Waals surface area (Å²) in [5, 5.41) is 2.01. The van der Waals surface area contributed by atoms with Crippen LogP contribution in [0.25, 0.3) is 4.96 Å². The van der Waals surface area contributed by atoms with Crippen LogP contribution in [0.5, 0.6) is 0 Å². The van der Waals surface area contributed by atoms with Crippen LogP contribution in [0.2, 0.25) is 0 Å². The van der Waals surface area contributed by atoms with Gasteiger partial charge >= 0.3 is 0 Å². The van der Waals surface area contributed by atoms with E-state index in [0.29, 0.717) is 32.7 Å². The lowest BCUT2D eigenvalue weighted by atomic mass is 10.3. The van der Waals surface area contributed by atoms with Gasteiger partial charge in [-0.05, 0) is 6.92 Å². The van der Waals surface area contributed by atoms with E-state index in [9.17, 15) is 4.79 Å². The molecule has 0 aromatic carbocycles. The summed E-state index contributed by atoms with van der Waals surface area (Å²) in [6.45, 7) is 4.67. The van der Waals surface area contributed by atoms with E-state index < -0.39 is 0 Å². The second kappa shape index (κ2) is 4.70. The molecule has 0 unspecified atom stereocenters. The Kier molecular flexibility index (Phi) is 3.05. The molecule has 0 N–H and O–H groups in total. The minimum atomic E-state index is 0.171.